The monoisotopic (exact) mass is 561 g/mol. The third-order valence-electron chi connectivity index (χ3n) is 8.12. The number of nitrogens with zero attached hydrogens (tertiary/aromatic N) is 1. The second-order valence-electron chi connectivity index (χ2n) is 11.0. The van der Waals surface area contributed by atoms with Crippen LogP contribution >= 0.6 is 0 Å². The first-order valence-electron chi connectivity index (χ1n) is 13.9. The number of aryl methyl sites for hydroxylation is 2. The molecule has 8 nitrogen and oxygen atoms in total. The van der Waals surface area contributed by atoms with E-state index in [1.54, 1.807) is 6.07 Å². The minimum atomic E-state index is -4.84. The number of carbonyl (C=O) groups excluding carboxylic acids is 1. The zero-order chi connectivity index (χ0) is 28.3. The highest BCUT2D eigenvalue weighted by Crippen LogP contribution is 2.49. The van der Waals surface area contributed by atoms with Gasteiger partial charge in [-0.2, -0.15) is 0 Å². The Kier molecular flexibility index (Phi) is 8.21. The number of fused-ring (bicyclic) bond motifs is 1. The molecule has 1 amide bonds. The van der Waals surface area contributed by atoms with Crippen molar-refractivity contribution in [1.82, 2.24) is 10.3 Å². The van der Waals surface area contributed by atoms with Crippen LogP contribution in [-0.4, -0.2) is 53.6 Å². The number of alkyl halides is 3. The maximum atomic E-state index is 13.0. The molecule has 0 radical (unpaired) electrons. The number of aliphatic carboxylic acids is 1. The number of hydrogen-bond donors (Lipinski definition) is 3. The number of aromatic nitrogens is 1. The Labute approximate surface area is 230 Å². The van der Waals surface area contributed by atoms with Crippen molar-refractivity contribution in [3.63, 3.8) is 0 Å². The minimum Gasteiger partial charge on any atom is -0.480 e. The molecule has 216 valence electrons. The predicted octanol–water partition coefficient (Wildman–Crippen LogP) is 4.76. The summed E-state index contributed by atoms with van der Waals surface area (Å²) in [4.78, 5) is 29.6. The summed E-state index contributed by atoms with van der Waals surface area (Å²) in [5, 5.41) is 15.6. The van der Waals surface area contributed by atoms with Gasteiger partial charge in [-0.05, 0) is 86.6 Å². The molecule has 1 unspecified atom stereocenters. The third kappa shape index (κ3) is 6.86. The zero-order valence-corrected chi connectivity index (χ0v) is 22.1. The number of nitrogens with one attached hydrogen (secondary N) is 2. The van der Waals surface area contributed by atoms with Gasteiger partial charge in [0.1, 0.15) is 17.6 Å². The Morgan fingerprint density at radius 1 is 1.20 bits per heavy atom. The number of amides is 1. The highest BCUT2D eigenvalue weighted by Gasteiger charge is 2.52. The topological polar surface area (TPSA) is 110 Å². The molecule has 0 bridgehead atoms. The van der Waals surface area contributed by atoms with Crippen LogP contribution in [0.3, 0.4) is 0 Å². The highest BCUT2D eigenvalue weighted by molar-refractivity contribution is 5.94. The fourth-order valence-corrected chi connectivity index (χ4v) is 5.58. The van der Waals surface area contributed by atoms with E-state index in [2.05, 4.69) is 27.5 Å². The molecule has 3 aliphatic rings. The fraction of sp³-hybridized carbons (Fsp3) is 0.552. The lowest BCUT2D eigenvalue weighted by atomic mass is 9.79. The molecular formula is C29H34F3N3O5. The number of anilines is 1. The molecule has 2 heterocycles. The number of rotatable bonds is 12. The summed E-state index contributed by atoms with van der Waals surface area (Å²) in [5.41, 5.74) is 1.68. The summed E-state index contributed by atoms with van der Waals surface area (Å²) < 4.78 is 47.7. The van der Waals surface area contributed by atoms with Crippen molar-refractivity contribution in [2.45, 2.75) is 81.7 Å². The summed E-state index contributed by atoms with van der Waals surface area (Å²) >= 11 is 0. The average molecular weight is 562 g/mol. The van der Waals surface area contributed by atoms with E-state index in [-0.39, 0.29) is 19.1 Å². The number of halogens is 3. The van der Waals surface area contributed by atoms with E-state index in [0.717, 1.165) is 62.6 Å². The zero-order valence-electron chi connectivity index (χ0n) is 22.1. The second kappa shape index (κ2) is 11.6. The van der Waals surface area contributed by atoms with E-state index in [4.69, 9.17) is 9.72 Å². The molecule has 40 heavy (non-hydrogen) atoms. The van der Waals surface area contributed by atoms with E-state index in [1.165, 1.54) is 17.7 Å². The molecule has 1 atom stereocenters. The molecule has 1 aliphatic heterocycles. The van der Waals surface area contributed by atoms with E-state index < -0.39 is 35.4 Å². The van der Waals surface area contributed by atoms with Crippen LogP contribution in [0.4, 0.5) is 19.0 Å². The predicted molar refractivity (Wildman–Crippen MR) is 140 cm³/mol. The largest absolute Gasteiger partial charge is 0.573 e. The van der Waals surface area contributed by atoms with E-state index >= 15 is 0 Å². The van der Waals surface area contributed by atoms with Crippen LogP contribution in [0, 0.1) is 5.92 Å². The summed E-state index contributed by atoms with van der Waals surface area (Å²) in [6.45, 7) is 1.15. The maximum Gasteiger partial charge on any atom is 0.573 e. The van der Waals surface area contributed by atoms with Crippen LogP contribution in [0.25, 0.3) is 0 Å². The van der Waals surface area contributed by atoms with Crippen LogP contribution < -0.4 is 15.4 Å². The van der Waals surface area contributed by atoms with Crippen molar-refractivity contribution in [3.8, 4) is 5.75 Å². The molecule has 0 spiro atoms. The molecule has 11 heteroatoms. The lowest BCUT2D eigenvalue weighted by molar-refractivity contribution is -0.274. The normalized spacial score (nSPS) is 21.8. The second-order valence-corrected chi connectivity index (χ2v) is 11.0. The van der Waals surface area contributed by atoms with Crippen molar-refractivity contribution in [3.05, 3.63) is 53.2 Å². The van der Waals surface area contributed by atoms with E-state index in [9.17, 15) is 27.9 Å². The standard InChI is InChI=1S/C29H34F3N3O5/c30-29(31,32)40-22-5-1-4-20(17-22)28(11-12-28)27(38)35-24(26(36)37)10-14-39-23-15-18(16-23)6-8-21-9-7-19-3-2-13-33-25(19)34-21/h1,4-5,7,9,17-18,23-24H,2-3,6,8,10-16H2,(H,33,34)(H,35,38)(H,36,37). The fourth-order valence-electron chi connectivity index (χ4n) is 5.58. The first-order valence-corrected chi connectivity index (χ1v) is 13.9. The van der Waals surface area contributed by atoms with Crippen molar-refractivity contribution < 1.29 is 37.3 Å². The van der Waals surface area contributed by atoms with Crippen molar-refractivity contribution in [2.24, 2.45) is 5.92 Å². The van der Waals surface area contributed by atoms with E-state index in [0.29, 0.717) is 24.3 Å². The summed E-state index contributed by atoms with van der Waals surface area (Å²) in [5.74, 6) is -0.561. The van der Waals surface area contributed by atoms with Gasteiger partial charge in [-0.15, -0.1) is 13.2 Å². The van der Waals surface area contributed by atoms with Crippen molar-refractivity contribution >= 4 is 17.7 Å². The van der Waals surface area contributed by atoms with Gasteiger partial charge < -0.3 is 25.2 Å². The Balaban J connectivity index is 1.04. The molecule has 1 aromatic carbocycles. The molecule has 0 saturated heterocycles. The number of ether oxygens (including phenoxy) is 2. The SMILES string of the molecule is O=C(O)C(CCOC1CC(CCc2ccc3c(n2)NCCC3)C1)NC(=O)C1(c2cccc(OC(F)(F)F)c2)CC1. The number of hydrogen-bond acceptors (Lipinski definition) is 6. The van der Waals surface area contributed by atoms with Gasteiger partial charge in [0.15, 0.2) is 0 Å². The molecule has 2 aliphatic carbocycles. The lowest BCUT2D eigenvalue weighted by Gasteiger charge is -2.35. The van der Waals surface area contributed by atoms with Gasteiger partial charge in [-0.1, -0.05) is 18.2 Å². The Hall–Kier alpha value is -3.34. The van der Waals surface area contributed by atoms with Gasteiger partial charge in [-0.3, -0.25) is 4.79 Å². The van der Waals surface area contributed by atoms with Crippen LogP contribution in [-0.2, 0) is 32.6 Å². The molecule has 5 rings (SSSR count). The third-order valence-corrected chi connectivity index (χ3v) is 8.12. The Morgan fingerprint density at radius 2 is 2.00 bits per heavy atom. The first kappa shape index (κ1) is 28.2. The van der Waals surface area contributed by atoms with Crippen LogP contribution in [0.5, 0.6) is 5.75 Å². The summed E-state index contributed by atoms with van der Waals surface area (Å²) in [6.07, 6.45) is 2.11. The summed E-state index contributed by atoms with van der Waals surface area (Å²) in [7, 11) is 0. The average Bonchev–Trinajstić information content (AvgIpc) is 3.70. The summed E-state index contributed by atoms with van der Waals surface area (Å²) in [6, 6.07) is 8.41. The van der Waals surface area contributed by atoms with Gasteiger partial charge in [0.25, 0.3) is 0 Å². The van der Waals surface area contributed by atoms with Gasteiger partial charge in [0.05, 0.1) is 11.5 Å². The molecular weight excluding hydrogens is 527 g/mol. The quantitative estimate of drug-likeness (QED) is 0.343. The maximum absolute atomic E-state index is 13.0. The Bertz CT molecular complexity index is 1230. The molecule has 3 N–H and O–H groups in total. The van der Waals surface area contributed by atoms with E-state index in [1.807, 2.05) is 0 Å². The first-order chi connectivity index (χ1) is 19.1. The molecule has 2 fully saturated rings. The number of carboxylic acids is 1. The van der Waals surface area contributed by atoms with Crippen molar-refractivity contribution in [2.75, 3.05) is 18.5 Å². The molecule has 2 saturated carbocycles. The molecule has 1 aromatic heterocycles. The van der Waals surface area contributed by atoms with Gasteiger partial charge >= 0.3 is 12.3 Å². The van der Waals surface area contributed by atoms with Gasteiger partial charge in [0.2, 0.25) is 5.91 Å². The number of carbonyl (C=O) groups is 2. The number of benzene rings is 1. The highest BCUT2D eigenvalue weighted by atomic mass is 19.4. The van der Waals surface area contributed by atoms with Crippen molar-refractivity contribution in [1.29, 1.82) is 0 Å². The van der Waals surface area contributed by atoms with Gasteiger partial charge in [0, 0.05) is 25.3 Å². The Morgan fingerprint density at radius 3 is 2.73 bits per heavy atom. The lowest BCUT2D eigenvalue weighted by Crippen LogP contribution is -2.46. The van der Waals surface area contributed by atoms with Crippen LogP contribution in [0.2, 0.25) is 0 Å². The minimum absolute atomic E-state index is 0.0689. The molecule has 2 aromatic rings. The van der Waals surface area contributed by atoms with Gasteiger partial charge in [-0.25, -0.2) is 9.78 Å². The van der Waals surface area contributed by atoms with Crippen LogP contribution in [0.1, 0.15) is 61.8 Å². The number of carboxylic acid groups (broad SMARTS) is 1. The van der Waals surface area contributed by atoms with Crippen LogP contribution in [0.15, 0.2) is 36.4 Å². The number of pyridine rings is 1. The smallest absolute Gasteiger partial charge is 0.480 e.